The second-order valence-corrected chi connectivity index (χ2v) is 7.11. The Bertz CT molecular complexity index is 527. The third kappa shape index (κ3) is 6.21. The minimum atomic E-state index is -0.474. The molecule has 0 atom stereocenters. The number of imide groups is 1. The Morgan fingerprint density at radius 2 is 2.00 bits per heavy atom. The molecule has 2 N–H and O–H groups in total. The van der Waals surface area contributed by atoms with Gasteiger partial charge < -0.3 is 9.73 Å². The van der Waals surface area contributed by atoms with E-state index in [0.717, 1.165) is 24.6 Å². The minimum absolute atomic E-state index is 0.0708. The largest absolute Gasteiger partial charge is 0.416 e. The second-order valence-electron chi connectivity index (χ2n) is 6.18. The van der Waals surface area contributed by atoms with Crippen LogP contribution in [0.1, 0.15) is 57.8 Å². The third-order valence-electron chi connectivity index (χ3n) is 3.63. The van der Waals surface area contributed by atoms with Gasteiger partial charge in [0.2, 0.25) is 11.8 Å². The van der Waals surface area contributed by atoms with E-state index in [1.54, 1.807) is 0 Å². The Balaban J connectivity index is 1.72. The summed E-state index contributed by atoms with van der Waals surface area (Å²) in [5.74, 6) is 1.04. The summed E-state index contributed by atoms with van der Waals surface area (Å²) >= 11 is 1.15. The van der Waals surface area contributed by atoms with E-state index in [1.165, 1.54) is 19.3 Å². The van der Waals surface area contributed by atoms with E-state index in [1.807, 2.05) is 13.8 Å². The monoisotopic (exact) mass is 340 g/mol. The van der Waals surface area contributed by atoms with Crippen LogP contribution in [0.4, 0.5) is 4.79 Å². The molecule has 2 rings (SSSR count). The van der Waals surface area contributed by atoms with Crippen molar-refractivity contribution in [3.8, 4) is 0 Å². The lowest BCUT2D eigenvalue weighted by molar-refractivity contribution is -0.117. The molecule has 1 aromatic heterocycles. The first-order chi connectivity index (χ1) is 11.0. The van der Waals surface area contributed by atoms with Crippen LogP contribution in [0, 0.1) is 5.92 Å². The molecule has 1 heterocycles. The number of carbonyl (C=O) groups excluding carboxylic acids is 2. The number of nitrogens with one attached hydrogen (secondary N) is 2. The first-order valence-corrected chi connectivity index (χ1v) is 9.07. The molecule has 0 spiro atoms. The van der Waals surface area contributed by atoms with Gasteiger partial charge in [-0.25, -0.2) is 4.79 Å². The zero-order chi connectivity index (χ0) is 16.7. The lowest BCUT2D eigenvalue weighted by Gasteiger charge is -2.17. The lowest BCUT2D eigenvalue weighted by atomic mass is 9.89. The topological polar surface area (TPSA) is 97.1 Å². The molecule has 0 radical (unpaired) electrons. The Hall–Kier alpha value is -1.57. The fraction of sp³-hybridized carbons (Fsp3) is 0.733. The summed E-state index contributed by atoms with van der Waals surface area (Å²) in [5, 5.41) is 13.3. The Kier molecular flexibility index (Phi) is 6.88. The third-order valence-corrected chi connectivity index (χ3v) is 4.45. The summed E-state index contributed by atoms with van der Waals surface area (Å²) in [6.07, 6.45) is 5.84. The van der Waals surface area contributed by atoms with Crippen LogP contribution in [0.25, 0.3) is 0 Å². The smallest absolute Gasteiger partial charge is 0.321 e. The van der Waals surface area contributed by atoms with Crippen molar-refractivity contribution in [1.82, 2.24) is 20.8 Å². The normalized spacial score (nSPS) is 15.6. The van der Waals surface area contributed by atoms with Crippen LogP contribution in [0.3, 0.4) is 0 Å². The number of carbonyl (C=O) groups is 2. The summed E-state index contributed by atoms with van der Waals surface area (Å²) in [4.78, 5) is 23.2. The Morgan fingerprint density at radius 1 is 1.26 bits per heavy atom. The van der Waals surface area contributed by atoms with Crippen molar-refractivity contribution in [2.45, 2.75) is 57.1 Å². The van der Waals surface area contributed by atoms with Crippen molar-refractivity contribution in [3.63, 3.8) is 0 Å². The van der Waals surface area contributed by atoms with Gasteiger partial charge in [-0.3, -0.25) is 10.1 Å². The van der Waals surface area contributed by atoms with E-state index < -0.39 is 6.03 Å². The van der Waals surface area contributed by atoms with Crippen molar-refractivity contribution in [2.75, 3.05) is 12.3 Å². The van der Waals surface area contributed by atoms with Crippen molar-refractivity contribution >= 4 is 23.7 Å². The van der Waals surface area contributed by atoms with E-state index in [0.29, 0.717) is 29.5 Å². The number of hydrogen-bond acceptors (Lipinski definition) is 6. The van der Waals surface area contributed by atoms with Gasteiger partial charge in [-0.15, -0.1) is 10.2 Å². The maximum atomic E-state index is 11.7. The van der Waals surface area contributed by atoms with Crippen LogP contribution in [0.15, 0.2) is 9.64 Å². The summed E-state index contributed by atoms with van der Waals surface area (Å²) < 4.78 is 5.62. The molecule has 0 aromatic carbocycles. The summed E-state index contributed by atoms with van der Waals surface area (Å²) in [6.45, 7) is 4.50. The molecule has 128 valence electrons. The van der Waals surface area contributed by atoms with Gasteiger partial charge in [0.1, 0.15) is 0 Å². The van der Waals surface area contributed by atoms with E-state index in [9.17, 15) is 9.59 Å². The van der Waals surface area contributed by atoms with E-state index in [4.69, 9.17) is 4.42 Å². The Morgan fingerprint density at radius 3 is 2.70 bits per heavy atom. The molecule has 1 fully saturated rings. The SMILES string of the molecule is CC(C)CNC(=O)NC(=O)CSc1nnc(C2CCCCC2)o1. The van der Waals surface area contributed by atoms with Gasteiger partial charge >= 0.3 is 6.03 Å². The molecule has 1 aliphatic carbocycles. The van der Waals surface area contributed by atoms with Crippen molar-refractivity contribution in [2.24, 2.45) is 5.92 Å². The summed E-state index contributed by atoms with van der Waals surface area (Å²) in [7, 11) is 0. The van der Waals surface area contributed by atoms with Crippen LogP contribution in [0.2, 0.25) is 0 Å². The molecule has 1 saturated carbocycles. The standard InChI is InChI=1S/C15H24N4O3S/c1-10(2)8-16-14(21)17-12(20)9-23-15-19-18-13(22-15)11-6-4-3-5-7-11/h10-11H,3-9H2,1-2H3,(H2,16,17,20,21). The van der Waals surface area contributed by atoms with Crippen molar-refractivity contribution in [3.05, 3.63) is 5.89 Å². The van der Waals surface area contributed by atoms with Crippen LogP contribution in [-0.2, 0) is 4.79 Å². The average molecular weight is 340 g/mol. The molecule has 3 amide bonds. The second kappa shape index (κ2) is 8.90. The predicted molar refractivity (Wildman–Crippen MR) is 87.2 cm³/mol. The highest BCUT2D eigenvalue weighted by Crippen LogP contribution is 2.32. The van der Waals surface area contributed by atoms with Crippen molar-refractivity contribution in [1.29, 1.82) is 0 Å². The molecule has 1 aromatic rings. The molecule has 0 bridgehead atoms. The van der Waals surface area contributed by atoms with Gasteiger partial charge in [-0.2, -0.15) is 0 Å². The van der Waals surface area contributed by atoms with Crippen LogP contribution < -0.4 is 10.6 Å². The zero-order valence-corrected chi connectivity index (χ0v) is 14.4. The first-order valence-electron chi connectivity index (χ1n) is 8.08. The number of urea groups is 1. The van der Waals surface area contributed by atoms with Crippen LogP contribution in [-0.4, -0.2) is 34.4 Å². The molecule has 7 nitrogen and oxygen atoms in total. The van der Waals surface area contributed by atoms with Gasteiger partial charge in [-0.1, -0.05) is 44.9 Å². The highest BCUT2D eigenvalue weighted by atomic mass is 32.2. The molecule has 0 saturated heterocycles. The lowest BCUT2D eigenvalue weighted by Crippen LogP contribution is -2.41. The number of amides is 3. The van der Waals surface area contributed by atoms with E-state index in [2.05, 4.69) is 20.8 Å². The number of hydrogen-bond donors (Lipinski definition) is 2. The summed E-state index contributed by atoms with van der Waals surface area (Å²) in [6, 6.07) is -0.474. The fourth-order valence-corrected chi connectivity index (χ4v) is 2.99. The average Bonchev–Trinajstić information content (AvgIpc) is 3.01. The number of rotatable bonds is 6. The maximum Gasteiger partial charge on any atom is 0.321 e. The van der Waals surface area contributed by atoms with Gasteiger partial charge in [0, 0.05) is 12.5 Å². The molecular weight excluding hydrogens is 316 g/mol. The molecular formula is C15H24N4O3S. The first kappa shape index (κ1) is 17.8. The fourth-order valence-electron chi connectivity index (χ4n) is 2.42. The molecule has 23 heavy (non-hydrogen) atoms. The van der Waals surface area contributed by atoms with Crippen LogP contribution in [0.5, 0.6) is 0 Å². The highest BCUT2D eigenvalue weighted by Gasteiger charge is 2.21. The summed E-state index contributed by atoms with van der Waals surface area (Å²) in [5.41, 5.74) is 0. The number of thioether (sulfide) groups is 1. The Labute approximate surface area is 140 Å². The molecule has 1 aliphatic rings. The zero-order valence-electron chi connectivity index (χ0n) is 13.6. The molecule has 0 unspecified atom stereocenters. The molecule has 0 aliphatic heterocycles. The molecule has 8 heteroatoms. The van der Waals surface area contributed by atoms with E-state index in [-0.39, 0.29) is 11.7 Å². The van der Waals surface area contributed by atoms with Crippen molar-refractivity contribution < 1.29 is 14.0 Å². The maximum absolute atomic E-state index is 11.7. The van der Waals surface area contributed by atoms with Gasteiger partial charge in [-0.05, 0) is 18.8 Å². The van der Waals surface area contributed by atoms with Gasteiger partial charge in [0.25, 0.3) is 5.22 Å². The minimum Gasteiger partial charge on any atom is -0.416 e. The predicted octanol–water partition coefficient (Wildman–Crippen LogP) is 2.69. The number of aromatic nitrogens is 2. The number of nitrogens with zero attached hydrogens (tertiary/aromatic N) is 2. The highest BCUT2D eigenvalue weighted by molar-refractivity contribution is 7.99. The van der Waals surface area contributed by atoms with Crippen LogP contribution >= 0.6 is 11.8 Å². The van der Waals surface area contributed by atoms with Gasteiger partial charge in [0.15, 0.2) is 0 Å². The quantitative estimate of drug-likeness (QED) is 0.773. The van der Waals surface area contributed by atoms with E-state index >= 15 is 0 Å². The van der Waals surface area contributed by atoms with Gasteiger partial charge in [0.05, 0.1) is 5.75 Å².